The van der Waals surface area contributed by atoms with Gasteiger partial charge in [0.25, 0.3) is 0 Å². The lowest BCUT2D eigenvalue weighted by atomic mass is 10.3. The first kappa shape index (κ1) is 16.1. The third-order valence-corrected chi connectivity index (χ3v) is 4.48. The summed E-state index contributed by atoms with van der Waals surface area (Å²) in [5.74, 6) is 0.683. The molecule has 1 N–H and O–H groups in total. The van der Waals surface area contributed by atoms with E-state index in [9.17, 15) is 8.42 Å². The molecule has 0 radical (unpaired) electrons. The topological polar surface area (TPSA) is 75.2 Å². The van der Waals surface area contributed by atoms with Crippen molar-refractivity contribution < 1.29 is 8.42 Å². The summed E-state index contributed by atoms with van der Waals surface area (Å²) in [7, 11) is -3.12. The van der Waals surface area contributed by atoms with Gasteiger partial charge < -0.3 is 5.32 Å². The van der Waals surface area contributed by atoms with Crippen molar-refractivity contribution >= 4 is 27.4 Å². The van der Waals surface area contributed by atoms with Gasteiger partial charge in [0.1, 0.15) is 17.3 Å². The van der Waals surface area contributed by atoms with Gasteiger partial charge in [0.15, 0.2) is 0 Å². The first-order valence-electron chi connectivity index (χ1n) is 6.02. The molecule has 1 heterocycles. The Balaban J connectivity index is 2.45. The van der Waals surface area contributed by atoms with E-state index in [-0.39, 0.29) is 0 Å². The van der Waals surface area contributed by atoms with E-state index in [4.69, 9.17) is 11.6 Å². The molecule has 1 rings (SSSR count). The van der Waals surface area contributed by atoms with E-state index in [1.165, 1.54) is 16.9 Å². The average Bonchev–Trinajstić information content (AvgIpc) is 2.32. The van der Waals surface area contributed by atoms with E-state index in [0.29, 0.717) is 37.0 Å². The maximum atomic E-state index is 11.4. The Kier molecular flexibility index (Phi) is 5.96. The van der Waals surface area contributed by atoms with E-state index in [0.717, 1.165) is 5.56 Å². The summed E-state index contributed by atoms with van der Waals surface area (Å²) in [6.07, 6.45) is 3.31. The van der Waals surface area contributed by atoms with E-state index in [1.807, 2.05) is 13.8 Å². The number of anilines is 1. The summed E-state index contributed by atoms with van der Waals surface area (Å²) in [6, 6.07) is 0. The molecule has 108 valence electrons. The van der Waals surface area contributed by atoms with E-state index in [1.54, 1.807) is 0 Å². The van der Waals surface area contributed by atoms with Crippen LogP contribution in [0.1, 0.15) is 18.9 Å². The van der Waals surface area contributed by atoms with Crippen LogP contribution in [-0.4, -0.2) is 48.6 Å². The molecule has 1 aromatic rings. The van der Waals surface area contributed by atoms with Gasteiger partial charge >= 0.3 is 0 Å². The monoisotopic (exact) mass is 306 g/mol. The molecule has 0 unspecified atom stereocenters. The molecule has 0 aromatic carbocycles. The number of rotatable bonds is 7. The van der Waals surface area contributed by atoms with Crippen LogP contribution in [0, 0.1) is 6.92 Å². The highest BCUT2D eigenvalue weighted by molar-refractivity contribution is 7.88. The third-order valence-electron chi connectivity index (χ3n) is 2.72. The molecule has 6 nitrogen and oxygen atoms in total. The molecular formula is C11H19ClN4O2S. The summed E-state index contributed by atoms with van der Waals surface area (Å²) < 4.78 is 24.2. The summed E-state index contributed by atoms with van der Waals surface area (Å²) in [4.78, 5) is 7.95. The predicted molar refractivity (Wildman–Crippen MR) is 77.0 cm³/mol. The van der Waals surface area contributed by atoms with Crippen LogP contribution >= 0.6 is 11.6 Å². The Bertz CT molecular complexity index is 521. The van der Waals surface area contributed by atoms with Crippen molar-refractivity contribution in [3.63, 3.8) is 0 Å². The van der Waals surface area contributed by atoms with Crippen LogP contribution in [0.5, 0.6) is 0 Å². The van der Waals surface area contributed by atoms with Gasteiger partial charge in [0.2, 0.25) is 10.0 Å². The standard InChI is InChI=1S/C11H19ClN4O2S/c1-4-16(19(3,17)18)7-5-6-13-11-9(2)10(12)14-8-15-11/h8H,4-7H2,1-3H3,(H,13,14,15). The largest absolute Gasteiger partial charge is 0.370 e. The molecule has 0 aliphatic carbocycles. The molecule has 0 saturated heterocycles. The molecule has 0 atom stereocenters. The zero-order valence-electron chi connectivity index (χ0n) is 11.4. The van der Waals surface area contributed by atoms with Gasteiger partial charge in [-0.25, -0.2) is 22.7 Å². The lowest BCUT2D eigenvalue weighted by molar-refractivity contribution is 0.428. The second-order valence-corrected chi connectivity index (χ2v) is 6.51. The van der Waals surface area contributed by atoms with E-state index >= 15 is 0 Å². The summed E-state index contributed by atoms with van der Waals surface area (Å²) in [5.41, 5.74) is 0.791. The van der Waals surface area contributed by atoms with Crippen LogP contribution < -0.4 is 5.32 Å². The minimum atomic E-state index is -3.12. The van der Waals surface area contributed by atoms with Crippen molar-refractivity contribution in [1.82, 2.24) is 14.3 Å². The van der Waals surface area contributed by atoms with Crippen LogP contribution in [0.25, 0.3) is 0 Å². The first-order valence-corrected chi connectivity index (χ1v) is 8.25. The lowest BCUT2D eigenvalue weighted by Crippen LogP contribution is -2.31. The Hall–Kier alpha value is -0.920. The molecule has 0 aliphatic heterocycles. The predicted octanol–water partition coefficient (Wildman–Crippen LogP) is 1.52. The summed E-state index contributed by atoms with van der Waals surface area (Å²) >= 11 is 5.88. The smallest absolute Gasteiger partial charge is 0.211 e. The minimum Gasteiger partial charge on any atom is -0.370 e. The normalized spacial score (nSPS) is 11.8. The van der Waals surface area contributed by atoms with Crippen molar-refractivity contribution in [3.05, 3.63) is 17.0 Å². The van der Waals surface area contributed by atoms with Gasteiger partial charge in [0.05, 0.1) is 6.26 Å². The molecule has 8 heteroatoms. The summed E-state index contributed by atoms with van der Waals surface area (Å²) in [6.45, 7) is 5.25. The molecule has 0 amide bonds. The highest BCUT2D eigenvalue weighted by Gasteiger charge is 2.13. The number of hydrogen-bond donors (Lipinski definition) is 1. The van der Waals surface area contributed by atoms with Crippen LogP contribution in [0.4, 0.5) is 5.82 Å². The average molecular weight is 307 g/mol. The van der Waals surface area contributed by atoms with Crippen molar-refractivity contribution in [3.8, 4) is 0 Å². The lowest BCUT2D eigenvalue weighted by Gasteiger charge is -2.17. The van der Waals surface area contributed by atoms with E-state index < -0.39 is 10.0 Å². The number of nitrogens with zero attached hydrogens (tertiary/aromatic N) is 3. The van der Waals surface area contributed by atoms with Gasteiger partial charge in [-0.15, -0.1) is 0 Å². The van der Waals surface area contributed by atoms with Crippen molar-refractivity contribution in [2.75, 3.05) is 31.2 Å². The second kappa shape index (κ2) is 7.02. The van der Waals surface area contributed by atoms with Gasteiger partial charge in [0, 0.05) is 25.2 Å². The second-order valence-electron chi connectivity index (χ2n) is 4.17. The number of aromatic nitrogens is 2. The van der Waals surface area contributed by atoms with Crippen molar-refractivity contribution in [2.24, 2.45) is 0 Å². The number of nitrogens with one attached hydrogen (secondary N) is 1. The Labute approximate surface area is 119 Å². The molecule has 0 aliphatic rings. The number of hydrogen-bond acceptors (Lipinski definition) is 5. The van der Waals surface area contributed by atoms with Crippen LogP contribution in [0.2, 0.25) is 5.15 Å². The number of halogens is 1. The minimum absolute atomic E-state index is 0.420. The molecule has 0 saturated carbocycles. The molecule has 0 spiro atoms. The fourth-order valence-electron chi connectivity index (χ4n) is 1.63. The molecule has 0 bridgehead atoms. The zero-order valence-corrected chi connectivity index (χ0v) is 12.9. The fraction of sp³-hybridized carbons (Fsp3) is 0.636. The quantitative estimate of drug-likeness (QED) is 0.610. The Morgan fingerprint density at radius 1 is 1.42 bits per heavy atom. The van der Waals surface area contributed by atoms with Gasteiger partial charge in [-0.2, -0.15) is 0 Å². The fourth-order valence-corrected chi connectivity index (χ4v) is 2.69. The first-order chi connectivity index (χ1) is 8.86. The Morgan fingerprint density at radius 2 is 2.11 bits per heavy atom. The van der Waals surface area contributed by atoms with Crippen LogP contribution in [-0.2, 0) is 10.0 Å². The van der Waals surface area contributed by atoms with Crippen LogP contribution in [0.3, 0.4) is 0 Å². The van der Waals surface area contributed by atoms with Crippen LogP contribution in [0.15, 0.2) is 6.33 Å². The van der Waals surface area contributed by atoms with Crippen molar-refractivity contribution in [1.29, 1.82) is 0 Å². The zero-order chi connectivity index (χ0) is 14.5. The summed E-state index contributed by atoms with van der Waals surface area (Å²) in [5, 5.41) is 3.55. The SMILES string of the molecule is CCN(CCCNc1ncnc(Cl)c1C)S(C)(=O)=O. The Morgan fingerprint density at radius 3 is 2.68 bits per heavy atom. The third kappa shape index (κ3) is 4.93. The highest BCUT2D eigenvalue weighted by Crippen LogP contribution is 2.17. The molecule has 1 aromatic heterocycles. The van der Waals surface area contributed by atoms with Gasteiger partial charge in [-0.1, -0.05) is 18.5 Å². The van der Waals surface area contributed by atoms with E-state index in [2.05, 4.69) is 15.3 Å². The molecule has 19 heavy (non-hydrogen) atoms. The van der Waals surface area contributed by atoms with Gasteiger partial charge in [-0.3, -0.25) is 0 Å². The molecular weight excluding hydrogens is 288 g/mol. The maximum Gasteiger partial charge on any atom is 0.211 e. The number of sulfonamides is 1. The maximum absolute atomic E-state index is 11.4. The highest BCUT2D eigenvalue weighted by atomic mass is 35.5. The molecule has 0 fully saturated rings. The van der Waals surface area contributed by atoms with Crippen molar-refractivity contribution in [2.45, 2.75) is 20.3 Å². The van der Waals surface area contributed by atoms with Gasteiger partial charge in [-0.05, 0) is 13.3 Å².